The van der Waals surface area contributed by atoms with Crippen molar-refractivity contribution in [3.05, 3.63) is 82.1 Å². The van der Waals surface area contributed by atoms with Crippen LogP contribution in [0.1, 0.15) is 18.1 Å². The van der Waals surface area contributed by atoms with Crippen molar-refractivity contribution in [3.63, 3.8) is 0 Å². The fourth-order valence-electron chi connectivity index (χ4n) is 3.03. The zero-order valence-electron chi connectivity index (χ0n) is 13.3. The Morgan fingerprint density at radius 1 is 0.957 bits per heavy atom. The van der Waals surface area contributed by atoms with E-state index in [0.29, 0.717) is 0 Å². The number of quaternary nitrogens is 1. The van der Waals surface area contributed by atoms with Gasteiger partial charge in [0.2, 0.25) is 0 Å². The van der Waals surface area contributed by atoms with E-state index in [9.17, 15) is 0 Å². The van der Waals surface area contributed by atoms with Gasteiger partial charge in [-0.15, -0.1) is 0 Å². The average molecular weight is 348 g/mol. The molecular formula is C19H21Cl2N2+. The number of halogens is 2. The van der Waals surface area contributed by atoms with E-state index in [-0.39, 0.29) is 0 Å². The second kappa shape index (κ2) is 6.96. The van der Waals surface area contributed by atoms with Crippen LogP contribution in [0.3, 0.4) is 0 Å². The summed E-state index contributed by atoms with van der Waals surface area (Å²) in [7, 11) is 0. The Labute approximate surface area is 148 Å². The van der Waals surface area contributed by atoms with E-state index < -0.39 is 0 Å². The van der Waals surface area contributed by atoms with Crippen LogP contribution in [0.15, 0.2) is 60.9 Å². The highest BCUT2D eigenvalue weighted by Gasteiger charge is 2.31. The van der Waals surface area contributed by atoms with Gasteiger partial charge in [0.25, 0.3) is 0 Å². The molecule has 2 aromatic rings. The van der Waals surface area contributed by atoms with E-state index in [1.54, 1.807) is 0 Å². The van der Waals surface area contributed by atoms with Crippen LogP contribution in [0.5, 0.6) is 0 Å². The van der Waals surface area contributed by atoms with E-state index >= 15 is 0 Å². The molecule has 2 nitrogen and oxygen atoms in total. The Balaban J connectivity index is 1.73. The summed E-state index contributed by atoms with van der Waals surface area (Å²) in [5.41, 5.74) is 2.35. The highest BCUT2D eigenvalue weighted by Crippen LogP contribution is 2.27. The Morgan fingerprint density at radius 2 is 1.57 bits per heavy atom. The van der Waals surface area contributed by atoms with Gasteiger partial charge in [0, 0.05) is 22.2 Å². The van der Waals surface area contributed by atoms with Gasteiger partial charge in [0.05, 0.1) is 12.7 Å². The number of hydrogen-bond donors (Lipinski definition) is 0. The molecule has 0 aromatic heterocycles. The van der Waals surface area contributed by atoms with Gasteiger partial charge in [-0.3, -0.25) is 4.48 Å². The highest BCUT2D eigenvalue weighted by molar-refractivity contribution is 6.31. The lowest BCUT2D eigenvalue weighted by molar-refractivity contribution is -0.893. The van der Waals surface area contributed by atoms with Crippen LogP contribution < -0.4 is 0 Å². The summed E-state index contributed by atoms with van der Waals surface area (Å²) in [4.78, 5) is 2.32. The topological polar surface area (TPSA) is 3.24 Å². The molecule has 4 heteroatoms. The van der Waals surface area contributed by atoms with Crippen LogP contribution in [0, 0.1) is 0 Å². The molecular weight excluding hydrogens is 327 g/mol. The Kier molecular flexibility index (Phi) is 4.96. The zero-order chi connectivity index (χ0) is 16.3. The first-order valence-electron chi connectivity index (χ1n) is 7.88. The molecule has 3 rings (SSSR count). The molecule has 1 heterocycles. The van der Waals surface area contributed by atoms with Gasteiger partial charge in [-0.05, 0) is 24.6 Å². The van der Waals surface area contributed by atoms with Crippen molar-refractivity contribution < 1.29 is 4.48 Å². The molecule has 1 unspecified atom stereocenters. The van der Waals surface area contributed by atoms with Crippen molar-refractivity contribution in [1.82, 2.24) is 4.90 Å². The van der Waals surface area contributed by atoms with Crippen molar-refractivity contribution in [2.45, 2.75) is 20.0 Å². The largest absolute Gasteiger partial charge is 0.322 e. The first kappa shape index (κ1) is 16.4. The third kappa shape index (κ3) is 3.72. The molecule has 0 N–H and O–H groups in total. The Bertz CT molecular complexity index is 714. The van der Waals surface area contributed by atoms with Crippen LogP contribution in [-0.4, -0.2) is 22.6 Å². The maximum atomic E-state index is 6.34. The predicted molar refractivity (Wildman–Crippen MR) is 97.0 cm³/mol. The van der Waals surface area contributed by atoms with Gasteiger partial charge < -0.3 is 4.90 Å². The summed E-state index contributed by atoms with van der Waals surface area (Å²) in [6.07, 6.45) is 4.46. The van der Waals surface area contributed by atoms with Crippen LogP contribution in [0.2, 0.25) is 10.0 Å². The van der Waals surface area contributed by atoms with Crippen LogP contribution in [-0.2, 0) is 13.1 Å². The predicted octanol–water partition coefficient (Wildman–Crippen LogP) is 5.27. The number of benzene rings is 2. The minimum absolute atomic E-state index is 0.827. The van der Waals surface area contributed by atoms with Crippen molar-refractivity contribution in [3.8, 4) is 0 Å². The molecule has 1 aliphatic heterocycles. The van der Waals surface area contributed by atoms with E-state index in [2.05, 4.69) is 42.4 Å². The summed E-state index contributed by atoms with van der Waals surface area (Å²) >= 11 is 12.6. The standard InChI is InChI=1S/C19H21Cl2N2/c1-2-23(14-17-8-4-6-10-19(17)21)12-11-22(15-23)13-16-7-3-5-9-18(16)20/h3-12H,2,13-15H2,1H3/q+1. The summed E-state index contributed by atoms with van der Waals surface area (Å²) in [6, 6.07) is 16.1. The average Bonchev–Trinajstić information content (AvgIpc) is 2.95. The molecule has 0 saturated carbocycles. The van der Waals surface area contributed by atoms with Gasteiger partial charge in [0.15, 0.2) is 6.67 Å². The van der Waals surface area contributed by atoms with Gasteiger partial charge in [-0.25, -0.2) is 0 Å². The molecule has 0 amide bonds. The minimum atomic E-state index is 0.827. The molecule has 120 valence electrons. The van der Waals surface area contributed by atoms with Gasteiger partial charge in [-0.2, -0.15) is 0 Å². The molecule has 0 fully saturated rings. The van der Waals surface area contributed by atoms with E-state index in [1.807, 2.05) is 30.3 Å². The molecule has 1 atom stereocenters. The van der Waals surface area contributed by atoms with Crippen LogP contribution in [0.25, 0.3) is 0 Å². The smallest absolute Gasteiger partial charge is 0.159 e. The van der Waals surface area contributed by atoms with E-state index in [4.69, 9.17) is 23.2 Å². The van der Waals surface area contributed by atoms with Crippen LogP contribution in [0.4, 0.5) is 0 Å². The number of nitrogens with zero attached hydrogens (tertiary/aromatic N) is 2. The third-order valence-corrected chi connectivity index (χ3v) is 5.20. The third-order valence-electron chi connectivity index (χ3n) is 4.46. The van der Waals surface area contributed by atoms with Crippen molar-refractivity contribution in [1.29, 1.82) is 0 Å². The Hall–Kier alpha value is -1.48. The lowest BCUT2D eigenvalue weighted by atomic mass is 10.2. The van der Waals surface area contributed by atoms with E-state index in [0.717, 1.165) is 46.4 Å². The summed E-state index contributed by atoms with van der Waals surface area (Å²) in [5.74, 6) is 0. The van der Waals surface area contributed by atoms with Gasteiger partial charge >= 0.3 is 0 Å². The molecule has 0 spiro atoms. The fourth-order valence-corrected chi connectivity index (χ4v) is 3.42. The monoisotopic (exact) mass is 347 g/mol. The normalized spacial score (nSPS) is 20.2. The SMILES string of the molecule is CC[N+]1(Cc2ccccc2Cl)C=CN(Cc2ccccc2Cl)C1. The molecule has 2 aromatic carbocycles. The maximum Gasteiger partial charge on any atom is 0.159 e. The quantitative estimate of drug-likeness (QED) is 0.665. The van der Waals surface area contributed by atoms with Crippen molar-refractivity contribution in [2.24, 2.45) is 0 Å². The second-order valence-corrected chi connectivity index (χ2v) is 6.88. The first-order valence-corrected chi connectivity index (χ1v) is 8.63. The minimum Gasteiger partial charge on any atom is -0.322 e. The summed E-state index contributed by atoms with van der Waals surface area (Å²) in [5, 5.41) is 1.67. The number of hydrogen-bond acceptors (Lipinski definition) is 1. The van der Waals surface area contributed by atoms with Crippen LogP contribution >= 0.6 is 23.2 Å². The summed E-state index contributed by atoms with van der Waals surface area (Å²) < 4.78 is 0.883. The van der Waals surface area contributed by atoms with Gasteiger partial charge in [-0.1, -0.05) is 59.6 Å². The maximum absolute atomic E-state index is 6.34. The highest BCUT2D eigenvalue weighted by atomic mass is 35.5. The molecule has 0 bridgehead atoms. The lowest BCUT2D eigenvalue weighted by Crippen LogP contribution is -2.43. The van der Waals surface area contributed by atoms with E-state index in [1.165, 1.54) is 5.56 Å². The molecule has 0 aliphatic carbocycles. The molecule has 0 saturated heterocycles. The number of rotatable bonds is 5. The Morgan fingerprint density at radius 3 is 2.17 bits per heavy atom. The lowest BCUT2D eigenvalue weighted by Gasteiger charge is -2.32. The second-order valence-electron chi connectivity index (χ2n) is 6.06. The molecule has 1 aliphatic rings. The van der Waals surface area contributed by atoms with Crippen molar-refractivity contribution in [2.75, 3.05) is 13.2 Å². The molecule has 0 radical (unpaired) electrons. The van der Waals surface area contributed by atoms with Crippen molar-refractivity contribution >= 4 is 23.2 Å². The zero-order valence-corrected chi connectivity index (χ0v) is 14.8. The molecule has 23 heavy (non-hydrogen) atoms. The fraction of sp³-hybridized carbons (Fsp3) is 0.263. The summed E-state index contributed by atoms with van der Waals surface area (Å²) in [6.45, 7) is 5.93. The van der Waals surface area contributed by atoms with Gasteiger partial charge in [0.1, 0.15) is 12.7 Å². The first-order chi connectivity index (χ1) is 11.1.